The van der Waals surface area contributed by atoms with E-state index in [0.29, 0.717) is 18.7 Å². The summed E-state index contributed by atoms with van der Waals surface area (Å²) in [6, 6.07) is 9.70. The van der Waals surface area contributed by atoms with E-state index in [1.165, 1.54) is 7.11 Å². The lowest BCUT2D eigenvalue weighted by molar-refractivity contribution is 0.187. The molecule has 0 aliphatic carbocycles. The first-order chi connectivity index (χ1) is 13.0. The molecule has 0 saturated carbocycles. The molecule has 27 heavy (non-hydrogen) atoms. The van der Waals surface area contributed by atoms with E-state index in [-0.39, 0.29) is 0 Å². The van der Waals surface area contributed by atoms with Crippen LogP contribution in [-0.2, 0) is 17.7 Å². The van der Waals surface area contributed by atoms with E-state index in [2.05, 4.69) is 21.5 Å². The van der Waals surface area contributed by atoms with Gasteiger partial charge in [-0.3, -0.25) is 5.32 Å². The summed E-state index contributed by atoms with van der Waals surface area (Å²) in [5, 5.41) is 6.19. The number of aromatic nitrogens is 2. The summed E-state index contributed by atoms with van der Waals surface area (Å²) < 4.78 is 6.73. The maximum Gasteiger partial charge on any atom is 0.411 e. The summed E-state index contributed by atoms with van der Waals surface area (Å²) >= 11 is 0. The first-order valence-electron chi connectivity index (χ1n) is 8.62. The molecule has 3 rings (SSSR count). The fraction of sp³-hybridized carbons (Fsp3) is 0.238. The number of amides is 1. The van der Waals surface area contributed by atoms with Gasteiger partial charge in [-0.05, 0) is 43.2 Å². The predicted molar refractivity (Wildman–Crippen MR) is 107 cm³/mol. The highest BCUT2D eigenvalue weighted by molar-refractivity contribution is 5.86. The molecule has 1 aromatic carbocycles. The third kappa shape index (κ3) is 3.72. The second kappa shape index (κ2) is 7.83. The van der Waals surface area contributed by atoms with Crippen molar-refractivity contribution in [2.75, 3.05) is 17.7 Å². The van der Waals surface area contributed by atoms with Crippen LogP contribution in [0, 0.1) is 26.2 Å². The molecule has 0 saturated heterocycles. The molecule has 0 spiro atoms. The predicted octanol–water partition coefficient (Wildman–Crippen LogP) is 3.92. The highest BCUT2D eigenvalue weighted by Gasteiger charge is 2.13. The van der Waals surface area contributed by atoms with Gasteiger partial charge in [0, 0.05) is 18.4 Å². The van der Waals surface area contributed by atoms with Gasteiger partial charge in [0.1, 0.15) is 0 Å². The fourth-order valence-electron chi connectivity index (χ4n) is 3.08. The number of hydrogen-bond donors (Lipinski definition) is 2. The van der Waals surface area contributed by atoms with Crippen LogP contribution in [0.15, 0.2) is 36.5 Å². The molecule has 2 N–H and O–H groups in total. The number of terminal acetylenes is 1. The zero-order valence-corrected chi connectivity index (χ0v) is 15.7. The molecule has 3 aromatic rings. The first kappa shape index (κ1) is 18.3. The normalized spacial score (nSPS) is 10.4. The van der Waals surface area contributed by atoms with Crippen LogP contribution in [0.3, 0.4) is 0 Å². The smallest absolute Gasteiger partial charge is 0.411 e. The zero-order chi connectivity index (χ0) is 19.4. The summed E-state index contributed by atoms with van der Waals surface area (Å²) in [5.74, 6) is 2.69. The van der Waals surface area contributed by atoms with Crippen LogP contribution in [0.5, 0.6) is 0 Å². The Kier molecular flexibility index (Phi) is 5.32. The molecule has 2 aromatic heterocycles. The molecule has 2 heterocycles. The molecule has 138 valence electrons. The standard InChI is InChI=1S/C21H22N4O2/c1-5-8-19-15(3)23-20-18(11-7-12-25(19)20)22-13-16-14(2)9-6-10-17(16)24-21(26)27-4/h1,6-7,9-12,22H,8,13H2,2-4H3,(H,24,26). The summed E-state index contributed by atoms with van der Waals surface area (Å²) in [7, 11) is 1.35. The number of ether oxygens (including phenoxy) is 1. The number of pyridine rings is 1. The molecule has 0 atom stereocenters. The van der Waals surface area contributed by atoms with E-state index >= 15 is 0 Å². The Bertz CT molecular complexity index is 1030. The number of methoxy groups -OCH3 is 1. The number of carbonyl (C=O) groups is 1. The number of anilines is 2. The van der Waals surface area contributed by atoms with Crippen molar-refractivity contribution in [3.05, 3.63) is 59.0 Å². The number of carbonyl (C=O) groups excluding carboxylic acids is 1. The highest BCUT2D eigenvalue weighted by Crippen LogP contribution is 2.24. The van der Waals surface area contributed by atoms with Crippen LogP contribution < -0.4 is 10.6 Å². The molecular weight excluding hydrogens is 340 g/mol. The van der Waals surface area contributed by atoms with Crippen LogP contribution in [0.4, 0.5) is 16.2 Å². The Morgan fingerprint density at radius 3 is 2.78 bits per heavy atom. The third-order valence-corrected chi connectivity index (χ3v) is 4.51. The van der Waals surface area contributed by atoms with Crippen molar-refractivity contribution in [2.45, 2.75) is 26.8 Å². The topological polar surface area (TPSA) is 67.7 Å². The van der Waals surface area contributed by atoms with Gasteiger partial charge in [-0.2, -0.15) is 0 Å². The molecule has 0 aliphatic rings. The number of benzene rings is 1. The van der Waals surface area contributed by atoms with Gasteiger partial charge in [-0.25, -0.2) is 9.78 Å². The van der Waals surface area contributed by atoms with E-state index in [0.717, 1.165) is 33.8 Å². The van der Waals surface area contributed by atoms with Crippen molar-refractivity contribution in [1.82, 2.24) is 9.38 Å². The molecule has 0 fully saturated rings. The second-order valence-electron chi connectivity index (χ2n) is 6.21. The molecular formula is C21H22N4O2. The molecule has 0 bridgehead atoms. The monoisotopic (exact) mass is 362 g/mol. The molecule has 0 aliphatic heterocycles. The lowest BCUT2D eigenvalue weighted by Crippen LogP contribution is -2.14. The third-order valence-electron chi connectivity index (χ3n) is 4.51. The highest BCUT2D eigenvalue weighted by atomic mass is 16.5. The minimum absolute atomic E-state index is 0.494. The Labute approximate surface area is 158 Å². The fourth-order valence-corrected chi connectivity index (χ4v) is 3.08. The number of hydrogen-bond acceptors (Lipinski definition) is 4. The van der Waals surface area contributed by atoms with Crippen molar-refractivity contribution < 1.29 is 9.53 Å². The van der Waals surface area contributed by atoms with Gasteiger partial charge >= 0.3 is 6.09 Å². The van der Waals surface area contributed by atoms with Crippen LogP contribution in [0.2, 0.25) is 0 Å². The lowest BCUT2D eigenvalue weighted by atomic mass is 10.1. The minimum Gasteiger partial charge on any atom is -0.453 e. The maximum atomic E-state index is 11.6. The Balaban J connectivity index is 1.91. The van der Waals surface area contributed by atoms with Crippen molar-refractivity contribution in [1.29, 1.82) is 0 Å². The average Bonchev–Trinajstić information content (AvgIpc) is 2.98. The van der Waals surface area contributed by atoms with Crippen LogP contribution in [0.25, 0.3) is 5.65 Å². The van der Waals surface area contributed by atoms with Crippen molar-refractivity contribution >= 4 is 23.1 Å². The van der Waals surface area contributed by atoms with Crippen molar-refractivity contribution in [3.63, 3.8) is 0 Å². The summed E-state index contributed by atoms with van der Waals surface area (Å²) in [6.45, 7) is 4.50. The summed E-state index contributed by atoms with van der Waals surface area (Å²) in [5.41, 5.74) is 6.43. The quantitative estimate of drug-likeness (QED) is 0.675. The molecule has 0 radical (unpaired) electrons. The van der Waals surface area contributed by atoms with E-state index in [4.69, 9.17) is 11.2 Å². The first-order valence-corrected chi connectivity index (χ1v) is 8.62. The molecule has 0 unspecified atom stereocenters. The van der Waals surface area contributed by atoms with Gasteiger partial charge in [0.2, 0.25) is 0 Å². The Morgan fingerprint density at radius 1 is 1.26 bits per heavy atom. The summed E-state index contributed by atoms with van der Waals surface area (Å²) in [6.07, 6.45) is 7.48. The molecule has 1 amide bonds. The average molecular weight is 362 g/mol. The number of nitrogens with one attached hydrogen (secondary N) is 2. The van der Waals surface area contributed by atoms with Gasteiger partial charge in [0.25, 0.3) is 0 Å². The van der Waals surface area contributed by atoms with Crippen molar-refractivity contribution in [3.8, 4) is 12.3 Å². The number of imidazole rings is 1. The maximum absolute atomic E-state index is 11.6. The largest absolute Gasteiger partial charge is 0.453 e. The zero-order valence-electron chi connectivity index (χ0n) is 15.7. The second-order valence-corrected chi connectivity index (χ2v) is 6.21. The minimum atomic E-state index is -0.494. The van der Waals surface area contributed by atoms with Gasteiger partial charge < -0.3 is 14.5 Å². The van der Waals surface area contributed by atoms with Crippen molar-refractivity contribution in [2.24, 2.45) is 0 Å². The van der Waals surface area contributed by atoms with E-state index in [1.807, 2.05) is 54.8 Å². The molecule has 6 heteroatoms. The number of rotatable bonds is 5. The van der Waals surface area contributed by atoms with Crippen LogP contribution >= 0.6 is 0 Å². The van der Waals surface area contributed by atoms with E-state index in [1.54, 1.807) is 0 Å². The van der Waals surface area contributed by atoms with E-state index < -0.39 is 6.09 Å². The van der Waals surface area contributed by atoms with Crippen LogP contribution in [-0.4, -0.2) is 22.6 Å². The number of nitrogens with zero attached hydrogens (tertiary/aromatic N) is 2. The van der Waals surface area contributed by atoms with Gasteiger partial charge in [-0.1, -0.05) is 12.1 Å². The molecule has 6 nitrogen and oxygen atoms in total. The lowest BCUT2D eigenvalue weighted by Gasteiger charge is -2.15. The SMILES string of the molecule is C#CCc1c(C)nc2c(NCc3c(C)cccc3NC(=O)OC)cccn12. The number of aryl methyl sites for hydroxylation is 2. The van der Waals surface area contributed by atoms with Crippen LogP contribution in [0.1, 0.15) is 22.5 Å². The van der Waals surface area contributed by atoms with Gasteiger partial charge in [-0.15, -0.1) is 12.3 Å². The Morgan fingerprint density at radius 2 is 2.04 bits per heavy atom. The van der Waals surface area contributed by atoms with Gasteiger partial charge in [0.05, 0.1) is 30.6 Å². The summed E-state index contributed by atoms with van der Waals surface area (Å²) in [4.78, 5) is 16.3. The Hall–Kier alpha value is -3.46. The number of fused-ring (bicyclic) bond motifs is 1. The van der Waals surface area contributed by atoms with Gasteiger partial charge in [0.15, 0.2) is 5.65 Å². The van der Waals surface area contributed by atoms with E-state index in [9.17, 15) is 4.79 Å².